The monoisotopic (exact) mass is 242 g/mol. The Bertz CT molecular complexity index is 487. The lowest BCUT2D eigenvalue weighted by atomic mass is 10.2. The molecule has 1 atom stereocenters. The first-order valence-electron chi connectivity index (χ1n) is 6.64. The first-order chi connectivity index (χ1) is 8.74. The molecule has 1 aromatic rings. The maximum Gasteiger partial charge on any atom is 0.127 e. The molecular formula is C14H18N4. The third kappa shape index (κ3) is 2.46. The molecule has 1 saturated heterocycles. The molecule has 0 radical (unpaired) electrons. The SMILES string of the molecule is Cc1cc(C#N)cc(NC2CCN(C3CC3)C2)n1. The topological polar surface area (TPSA) is 52.0 Å². The molecule has 1 unspecified atom stereocenters. The molecule has 0 aromatic carbocycles. The molecule has 18 heavy (non-hydrogen) atoms. The number of hydrogen-bond acceptors (Lipinski definition) is 4. The molecule has 3 rings (SSSR count). The summed E-state index contributed by atoms with van der Waals surface area (Å²) in [5, 5.41) is 12.4. The van der Waals surface area contributed by atoms with E-state index in [2.05, 4.69) is 21.3 Å². The first kappa shape index (κ1) is 11.5. The van der Waals surface area contributed by atoms with Gasteiger partial charge >= 0.3 is 0 Å². The Labute approximate surface area is 108 Å². The van der Waals surface area contributed by atoms with Crippen LogP contribution in [0.15, 0.2) is 12.1 Å². The summed E-state index contributed by atoms with van der Waals surface area (Å²) in [4.78, 5) is 7.02. The minimum atomic E-state index is 0.478. The van der Waals surface area contributed by atoms with Crippen molar-refractivity contribution in [3.63, 3.8) is 0 Å². The van der Waals surface area contributed by atoms with Gasteiger partial charge in [-0.05, 0) is 38.3 Å². The molecule has 2 fully saturated rings. The van der Waals surface area contributed by atoms with Gasteiger partial charge in [0.15, 0.2) is 0 Å². The van der Waals surface area contributed by atoms with E-state index in [0.29, 0.717) is 11.6 Å². The lowest BCUT2D eigenvalue weighted by Gasteiger charge is -2.16. The van der Waals surface area contributed by atoms with Crippen molar-refractivity contribution in [2.75, 3.05) is 18.4 Å². The highest BCUT2D eigenvalue weighted by Crippen LogP contribution is 2.30. The number of aryl methyl sites for hydroxylation is 1. The number of pyridine rings is 1. The average molecular weight is 242 g/mol. The molecule has 0 amide bonds. The highest BCUT2D eigenvalue weighted by atomic mass is 15.2. The van der Waals surface area contributed by atoms with E-state index in [9.17, 15) is 0 Å². The highest BCUT2D eigenvalue weighted by molar-refractivity contribution is 5.45. The van der Waals surface area contributed by atoms with Gasteiger partial charge in [0, 0.05) is 30.9 Å². The van der Waals surface area contributed by atoms with Crippen LogP contribution in [0.5, 0.6) is 0 Å². The van der Waals surface area contributed by atoms with Crippen LogP contribution in [0.4, 0.5) is 5.82 Å². The van der Waals surface area contributed by atoms with E-state index < -0.39 is 0 Å². The highest BCUT2D eigenvalue weighted by Gasteiger charge is 2.34. The van der Waals surface area contributed by atoms with Gasteiger partial charge in [0.25, 0.3) is 0 Å². The fourth-order valence-electron chi connectivity index (χ4n) is 2.69. The minimum Gasteiger partial charge on any atom is -0.366 e. The fraction of sp³-hybridized carbons (Fsp3) is 0.571. The maximum absolute atomic E-state index is 8.96. The lowest BCUT2D eigenvalue weighted by Crippen LogP contribution is -2.28. The quantitative estimate of drug-likeness (QED) is 0.879. The van der Waals surface area contributed by atoms with Gasteiger partial charge in [-0.15, -0.1) is 0 Å². The molecule has 1 saturated carbocycles. The van der Waals surface area contributed by atoms with Gasteiger partial charge in [0.1, 0.15) is 5.82 Å². The molecule has 1 aliphatic heterocycles. The predicted octanol–water partition coefficient (Wildman–Crippen LogP) is 1.91. The van der Waals surface area contributed by atoms with Gasteiger partial charge in [0.05, 0.1) is 11.6 Å². The molecule has 2 heterocycles. The Morgan fingerprint density at radius 2 is 2.22 bits per heavy atom. The number of aromatic nitrogens is 1. The summed E-state index contributed by atoms with van der Waals surface area (Å²) < 4.78 is 0. The van der Waals surface area contributed by atoms with Gasteiger partial charge in [-0.2, -0.15) is 5.26 Å². The third-order valence-electron chi connectivity index (χ3n) is 3.72. The van der Waals surface area contributed by atoms with Gasteiger partial charge in [-0.25, -0.2) is 4.98 Å². The number of hydrogen-bond donors (Lipinski definition) is 1. The molecule has 4 heteroatoms. The molecule has 1 aromatic heterocycles. The van der Waals surface area contributed by atoms with Gasteiger partial charge < -0.3 is 5.32 Å². The normalized spacial score (nSPS) is 23.9. The van der Waals surface area contributed by atoms with Crippen LogP contribution in [-0.2, 0) is 0 Å². The van der Waals surface area contributed by atoms with E-state index in [1.165, 1.54) is 25.8 Å². The average Bonchev–Trinajstić information content (AvgIpc) is 3.10. The summed E-state index contributed by atoms with van der Waals surface area (Å²) in [5.74, 6) is 0.842. The molecule has 94 valence electrons. The number of rotatable bonds is 3. The molecule has 0 spiro atoms. The third-order valence-corrected chi connectivity index (χ3v) is 3.72. The standard InChI is InChI=1S/C14H18N4/c1-10-6-11(8-15)7-14(16-10)17-12-4-5-18(9-12)13-2-3-13/h6-7,12-13H,2-5,9H2,1H3,(H,16,17). The van der Waals surface area contributed by atoms with Crippen LogP contribution in [-0.4, -0.2) is 35.1 Å². The van der Waals surface area contributed by atoms with Crippen molar-refractivity contribution in [3.05, 3.63) is 23.4 Å². The Morgan fingerprint density at radius 3 is 2.94 bits per heavy atom. The number of nitrogens with one attached hydrogen (secondary N) is 1. The second kappa shape index (κ2) is 4.58. The van der Waals surface area contributed by atoms with Crippen LogP contribution in [0.2, 0.25) is 0 Å². The van der Waals surface area contributed by atoms with Crippen molar-refractivity contribution in [1.29, 1.82) is 5.26 Å². The van der Waals surface area contributed by atoms with Crippen LogP contribution in [0.25, 0.3) is 0 Å². The van der Waals surface area contributed by atoms with Crippen molar-refractivity contribution >= 4 is 5.82 Å². The van der Waals surface area contributed by atoms with Crippen molar-refractivity contribution in [2.24, 2.45) is 0 Å². The van der Waals surface area contributed by atoms with E-state index in [-0.39, 0.29) is 0 Å². The molecular weight excluding hydrogens is 224 g/mol. The molecule has 2 aliphatic rings. The molecule has 1 aliphatic carbocycles. The summed E-state index contributed by atoms with van der Waals surface area (Å²) in [6, 6.07) is 7.16. The van der Waals surface area contributed by atoms with Crippen LogP contribution in [0, 0.1) is 18.3 Å². The fourth-order valence-corrected chi connectivity index (χ4v) is 2.69. The van der Waals surface area contributed by atoms with E-state index in [0.717, 1.165) is 24.1 Å². The van der Waals surface area contributed by atoms with E-state index in [1.54, 1.807) is 0 Å². The van der Waals surface area contributed by atoms with Crippen LogP contribution in [0.3, 0.4) is 0 Å². The van der Waals surface area contributed by atoms with Gasteiger partial charge in [0.2, 0.25) is 0 Å². The largest absolute Gasteiger partial charge is 0.366 e. The minimum absolute atomic E-state index is 0.478. The number of nitriles is 1. The zero-order valence-corrected chi connectivity index (χ0v) is 10.7. The van der Waals surface area contributed by atoms with Gasteiger partial charge in [-0.3, -0.25) is 4.90 Å². The van der Waals surface area contributed by atoms with E-state index in [1.807, 2.05) is 19.1 Å². The zero-order chi connectivity index (χ0) is 12.5. The molecule has 4 nitrogen and oxygen atoms in total. The molecule has 1 N–H and O–H groups in total. The van der Waals surface area contributed by atoms with Crippen molar-refractivity contribution < 1.29 is 0 Å². The zero-order valence-electron chi connectivity index (χ0n) is 10.7. The molecule has 0 bridgehead atoms. The summed E-state index contributed by atoms with van der Waals surface area (Å²) >= 11 is 0. The Kier molecular flexibility index (Phi) is 2.92. The second-order valence-corrected chi connectivity index (χ2v) is 5.35. The Morgan fingerprint density at radius 1 is 1.39 bits per heavy atom. The summed E-state index contributed by atoms with van der Waals surface area (Å²) in [7, 11) is 0. The lowest BCUT2D eigenvalue weighted by molar-refractivity contribution is 0.326. The Balaban J connectivity index is 1.66. The summed E-state index contributed by atoms with van der Waals surface area (Å²) in [5.41, 5.74) is 1.58. The number of likely N-dealkylation sites (tertiary alicyclic amines) is 1. The number of nitrogens with zero attached hydrogens (tertiary/aromatic N) is 3. The van der Waals surface area contributed by atoms with Crippen LogP contribution in [0.1, 0.15) is 30.5 Å². The van der Waals surface area contributed by atoms with Gasteiger partial charge in [-0.1, -0.05) is 0 Å². The smallest absolute Gasteiger partial charge is 0.127 e. The summed E-state index contributed by atoms with van der Waals surface area (Å²) in [6.07, 6.45) is 3.91. The predicted molar refractivity (Wildman–Crippen MR) is 70.3 cm³/mol. The van der Waals surface area contributed by atoms with E-state index >= 15 is 0 Å². The van der Waals surface area contributed by atoms with Crippen LogP contribution >= 0.6 is 0 Å². The summed E-state index contributed by atoms with van der Waals surface area (Å²) in [6.45, 7) is 4.23. The van der Waals surface area contributed by atoms with Crippen molar-refractivity contribution in [2.45, 2.75) is 38.3 Å². The van der Waals surface area contributed by atoms with Crippen molar-refractivity contribution in [1.82, 2.24) is 9.88 Å². The van der Waals surface area contributed by atoms with Crippen molar-refractivity contribution in [3.8, 4) is 6.07 Å². The first-order valence-corrected chi connectivity index (χ1v) is 6.64. The van der Waals surface area contributed by atoms with E-state index in [4.69, 9.17) is 5.26 Å². The van der Waals surface area contributed by atoms with Crippen LogP contribution < -0.4 is 5.32 Å². The maximum atomic E-state index is 8.96. The Hall–Kier alpha value is -1.60. The number of anilines is 1. The second-order valence-electron chi connectivity index (χ2n) is 5.35.